The molecule has 0 aliphatic carbocycles. The maximum atomic E-state index is 13.4. The Morgan fingerprint density at radius 3 is 2.75 bits per heavy atom. The second-order valence-electron chi connectivity index (χ2n) is 9.36. The van der Waals surface area contributed by atoms with Crippen LogP contribution in [0.5, 0.6) is 5.75 Å². The first-order valence-corrected chi connectivity index (χ1v) is 12.9. The third-order valence-corrected chi connectivity index (χ3v) is 6.36. The van der Waals surface area contributed by atoms with Gasteiger partial charge in [-0.15, -0.1) is 0 Å². The summed E-state index contributed by atoms with van der Waals surface area (Å²) in [6.45, 7) is 0.991. The zero-order valence-corrected chi connectivity index (χ0v) is 22.4. The van der Waals surface area contributed by atoms with Crippen LogP contribution in [0, 0.1) is 11.0 Å². The van der Waals surface area contributed by atoms with E-state index in [1.54, 1.807) is 24.3 Å². The van der Waals surface area contributed by atoms with Gasteiger partial charge in [0.2, 0.25) is 0 Å². The summed E-state index contributed by atoms with van der Waals surface area (Å²) in [5, 5.41) is 28.1. The van der Waals surface area contributed by atoms with Crippen molar-refractivity contribution in [3.05, 3.63) is 106 Å². The molecule has 1 atom stereocenters. The standard InChI is InChI=1S/C29H27ClFN5O4/c1-36(37,38)12-11-32-16-23-7-10-27(40-23)20-5-8-26-24(14-20)29(34-18-33-26)35-22-6-9-28(25(30)15-22)39-17-19-3-2-4-21(31)13-19/h2-10,13-15,18,32,37H,11-12,16-17H2,1H3,(H,33,34,35). The molecule has 0 spiro atoms. The van der Waals surface area contributed by atoms with Crippen LogP contribution in [0.2, 0.25) is 5.02 Å². The van der Waals surface area contributed by atoms with Crippen molar-refractivity contribution in [1.82, 2.24) is 15.3 Å². The van der Waals surface area contributed by atoms with Crippen LogP contribution in [-0.4, -0.2) is 40.1 Å². The largest absolute Gasteiger partial charge is 0.599 e. The van der Waals surface area contributed by atoms with Crippen LogP contribution in [-0.2, 0) is 13.2 Å². The molecule has 5 aromatic rings. The molecule has 11 heteroatoms. The van der Waals surface area contributed by atoms with Gasteiger partial charge in [0.25, 0.3) is 0 Å². The summed E-state index contributed by atoms with van der Waals surface area (Å²) >= 11 is 6.47. The van der Waals surface area contributed by atoms with Crippen LogP contribution in [0.15, 0.2) is 83.5 Å². The van der Waals surface area contributed by atoms with Crippen molar-refractivity contribution in [3.63, 3.8) is 0 Å². The molecule has 9 nitrogen and oxygen atoms in total. The van der Waals surface area contributed by atoms with Gasteiger partial charge in [0.1, 0.15) is 48.4 Å². The van der Waals surface area contributed by atoms with Gasteiger partial charge in [-0.05, 0) is 66.2 Å². The van der Waals surface area contributed by atoms with E-state index in [1.165, 1.54) is 25.5 Å². The van der Waals surface area contributed by atoms with E-state index in [-0.39, 0.29) is 19.0 Å². The number of aromatic nitrogens is 2. The topological polar surface area (TPSA) is 116 Å². The first kappa shape index (κ1) is 27.5. The number of hydrogen-bond donors (Lipinski definition) is 3. The molecule has 0 aliphatic rings. The predicted molar refractivity (Wildman–Crippen MR) is 151 cm³/mol. The number of nitrogens with zero attached hydrogens (tertiary/aromatic N) is 3. The van der Waals surface area contributed by atoms with Gasteiger partial charge >= 0.3 is 0 Å². The maximum Gasteiger partial charge on any atom is 0.141 e. The molecule has 40 heavy (non-hydrogen) atoms. The molecule has 206 valence electrons. The zero-order valence-electron chi connectivity index (χ0n) is 21.6. The molecule has 0 bridgehead atoms. The monoisotopic (exact) mass is 563 g/mol. The smallest absolute Gasteiger partial charge is 0.141 e. The lowest BCUT2D eigenvalue weighted by Crippen LogP contribution is -2.39. The Morgan fingerprint density at radius 2 is 1.95 bits per heavy atom. The quantitative estimate of drug-likeness (QED) is 0.0956. The molecule has 3 N–H and O–H groups in total. The molecule has 2 heterocycles. The number of furan rings is 1. The average molecular weight is 564 g/mol. The van der Waals surface area contributed by atoms with E-state index in [0.29, 0.717) is 52.5 Å². The van der Waals surface area contributed by atoms with Gasteiger partial charge < -0.3 is 25.0 Å². The lowest BCUT2D eigenvalue weighted by molar-refractivity contribution is -1.05. The maximum absolute atomic E-state index is 13.4. The summed E-state index contributed by atoms with van der Waals surface area (Å²) in [5.41, 5.74) is 3.00. The number of fused-ring (bicyclic) bond motifs is 1. The van der Waals surface area contributed by atoms with Gasteiger partial charge in [-0.1, -0.05) is 23.7 Å². The highest BCUT2D eigenvalue weighted by Gasteiger charge is 2.12. The number of rotatable bonds is 11. The summed E-state index contributed by atoms with van der Waals surface area (Å²) in [4.78, 5) is 7.46. The summed E-state index contributed by atoms with van der Waals surface area (Å²) in [7, 11) is 1.18. The number of anilines is 2. The van der Waals surface area contributed by atoms with Crippen molar-refractivity contribution < 1.29 is 23.6 Å². The van der Waals surface area contributed by atoms with E-state index in [2.05, 4.69) is 20.6 Å². The first-order chi connectivity index (χ1) is 19.2. The number of nitrogens with one attached hydrogen (secondary N) is 2. The summed E-state index contributed by atoms with van der Waals surface area (Å²) in [5.74, 6) is 2.12. The zero-order chi connectivity index (χ0) is 28.1. The van der Waals surface area contributed by atoms with Gasteiger partial charge in [-0.2, -0.15) is 0 Å². The second-order valence-corrected chi connectivity index (χ2v) is 9.77. The van der Waals surface area contributed by atoms with E-state index in [4.69, 9.17) is 20.8 Å². The molecule has 5 rings (SSSR count). The molecule has 2 aromatic heterocycles. The van der Waals surface area contributed by atoms with Crippen molar-refractivity contribution >= 4 is 34.0 Å². The molecule has 0 fully saturated rings. The number of hydroxylamine groups is 4. The number of ether oxygens (including phenoxy) is 1. The Kier molecular flexibility index (Phi) is 8.24. The number of halogens is 2. The number of likely N-dealkylation sites (N-methyl/N-ethyl adjacent to an activating group) is 1. The van der Waals surface area contributed by atoms with Crippen molar-refractivity contribution in [2.24, 2.45) is 0 Å². The van der Waals surface area contributed by atoms with Crippen LogP contribution in [0.3, 0.4) is 0 Å². The van der Waals surface area contributed by atoms with E-state index in [9.17, 15) is 14.8 Å². The van der Waals surface area contributed by atoms with Gasteiger partial charge in [-0.3, -0.25) is 0 Å². The minimum Gasteiger partial charge on any atom is -0.599 e. The van der Waals surface area contributed by atoms with Crippen molar-refractivity contribution in [1.29, 1.82) is 0 Å². The van der Waals surface area contributed by atoms with Crippen LogP contribution in [0.4, 0.5) is 15.9 Å². The van der Waals surface area contributed by atoms with Crippen LogP contribution in [0.25, 0.3) is 22.2 Å². The predicted octanol–water partition coefficient (Wildman–Crippen LogP) is 6.43. The molecule has 0 radical (unpaired) electrons. The van der Waals surface area contributed by atoms with Crippen LogP contribution >= 0.6 is 11.6 Å². The van der Waals surface area contributed by atoms with Crippen LogP contribution < -0.4 is 15.4 Å². The van der Waals surface area contributed by atoms with Crippen LogP contribution in [0.1, 0.15) is 11.3 Å². The first-order valence-electron chi connectivity index (χ1n) is 12.5. The van der Waals surface area contributed by atoms with Gasteiger partial charge in [0.05, 0.1) is 24.1 Å². The van der Waals surface area contributed by atoms with Gasteiger partial charge in [-0.25, -0.2) is 24.4 Å². The highest BCUT2D eigenvalue weighted by molar-refractivity contribution is 6.32. The summed E-state index contributed by atoms with van der Waals surface area (Å²) < 4.78 is 25.2. The fraction of sp³-hybridized carbons (Fsp3) is 0.172. The minimum absolute atomic E-state index is 0.0316. The normalized spacial score (nSPS) is 12.8. The molecule has 0 saturated carbocycles. The molecule has 0 amide bonds. The Labute approximate surface area is 234 Å². The molecule has 1 unspecified atom stereocenters. The summed E-state index contributed by atoms with van der Waals surface area (Å²) in [6, 6.07) is 21.0. The fourth-order valence-electron chi connectivity index (χ4n) is 4.06. The molecule has 0 saturated heterocycles. The highest BCUT2D eigenvalue weighted by Crippen LogP contribution is 2.32. The number of benzene rings is 3. The highest BCUT2D eigenvalue weighted by atomic mass is 35.5. The third kappa shape index (κ3) is 7.12. The number of quaternary nitrogens is 1. The Bertz CT molecular complexity index is 1620. The van der Waals surface area contributed by atoms with Crippen molar-refractivity contribution in [2.45, 2.75) is 13.2 Å². The molecular formula is C29H27ClFN5O4. The fourth-order valence-corrected chi connectivity index (χ4v) is 4.29. The van der Waals surface area contributed by atoms with Crippen molar-refractivity contribution in [2.75, 3.05) is 25.5 Å². The summed E-state index contributed by atoms with van der Waals surface area (Å²) in [6.07, 6.45) is 1.48. The van der Waals surface area contributed by atoms with Gasteiger partial charge in [0.15, 0.2) is 0 Å². The van der Waals surface area contributed by atoms with E-state index < -0.39 is 4.81 Å². The Balaban J connectivity index is 1.29. The van der Waals surface area contributed by atoms with Crippen molar-refractivity contribution in [3.8, 4) is 17.1 Å². The Morgan fingerprint density at radius 1 is 1.07 bits per heavy atom. The van der Waals surface area contributed by atoms with E-state index in [1.807, 2.05) is 36.4 Å². The SMILES string of the molecule is C[N+]([O-])(O)CCNCc1ccc(-c2ccc3ncnc(Nc4ccc(OCc5cccc(F)c5)c(Cl)c4)c3c2)o1. The second kappa shape index (κ2) is 12.0. The number of hydrogen-bond acceptors (Lipinski definition) is 8. The van der Waals surface area contributed by atoms with E-state index >= 15 is 0 Å². The third-order valence-electron chi connectivity index (χ3n) is 6.06. The average Bonchev–Trinajstić information content (AvgIpc) is 3.39. The minimum atomic E-state index is -1.34. The lowest BCUT2D eigenvalue weighted by Gasteiger charge is -2.28. The molecular weight excluding hydrogens is 537 g/mol. The Hall–Kier alpha value is -4.06. The lowest BCUT2D eigenvalue weighted by atomic mass is 10.1. The molecule has 3 aromatic carbocycles. The van der Waals surface area contributed by atoms with E-state index in [0.717, 1.165) is 16.5 Å². The molecule has 0 aliphatic heterocycles. The van der Waals surface area contributed by atoms with Gasteiger partial charge in [0, 0.05) is 23.2 Å².